The van der Waals surface area contributed by atoms with Gasteiger partial charge in [-0.1, -0.05) is 6.58 Å². The molecule has 0 fully saturated rings. The fraction of sp³-hybridized carbons (Fsp3) is 0.294. The molecule has 1 aliphatic heterocycles. The number of ether oxygens (including phenoxy) is 1. The second-order valence-corrected chi connectivity index (χ2v) is 5.47. The van der Waals surface area contributed by atoms with Gasteiger partial charge in [0.25, 0.3) is 0 Å². The highest BCUT2D eigenvalue weighted by molar-refractivity contribution is 5.90. The van der Waals surface area contributed by atoms with Crippen LogP contribution in [0.25, 0.3) is 5.57 Å². The summed E-state index contributed by atoms with van der Waals surface area (Å²) in [5.74, 6) is 3.30. The summed E-state index contributed by atoms with van der Waals surface area (Å²) in [5.41, 5.74) is 3.05. The van der Waals surface area contributed by atoms with Crippen molar-refractivity contribution in [1.29, 1.82) is 0 Å². The van der Waals surface area contributed by atoms with E-state index in [1.807, 2.05) is 38.2 Å². The molecule has 114 valence electrons. The zero-order chi connectivity index (χ0) is 15.9. The van der Waals surface area contributed by atoms with Crippen LogP contribution in [0.2, 0.25) is 0 Å². The van der Waals surface area contributed by atoms with Crippen LogP contribution in [0.1, 0.15) is 18.3 Å². The van der Waals surface area contributed by atoms with Gasteiger partial charge in [-0.05, 0) is 43.7 Å². The third-order valence-corrected chi connectivity index (χ3v) is 3.98. The molecule has 1 N–H and O–H groups in total. The van der Waals surface area contributed by atoms with E-state index in [0.717, 1.165) is 40.0 Å². The van der Waals surface area contributed by atoms with Crippen molar-refractivity contribution in [3.8, 4) is 5.75 Å². The molecule has 0 saturated carbocycles. The van der Waals surface area contributed by atoms with Gasteiger partial charge in [0.1, 0.15) is 23.2 Å². The number of nitrogens with zero attached hydrogens (tertiary/aromatic N) is 3. The van der Waals surface area contributed by atoms with Crippen molar-refractivity contribution in [1.82, 2.24) is 9.97 Å². The lowest BCUT2D eigenvalue weighted by Gasteiger charge is -2.21. The van der Waals surface area contributed by atoms with Crippen LogP contribution in [0.3, 0.4) is 0 Å². The summed E-state index contributed by atoms with van der Waals surface area (Å²) < 4.78 is 5.21. The first-order valence-electron chi connectivity index (χ1n) is 7.23. The molecule has 0 bridgehead atoms. The summed E-state index contributed by atoms with van der Waals surface area (Å²) in [6.07, 6.45) is 0. The zero-order valence-corrected chi connectivity index (χ0v) is 13.3. The van der Waals surface area contributed by atoms with E-state index < -0.39 is 0 Å². The quantitative estimate of drug-likeness (QED) is 0.941. The topological polar surface area (TPSA) is 50.3 Å². The zero-order valence-electron chi connectivity index (χ0n) is 13.3. The van der Waals surface area contributed by atoms with Gasteiger partial charge in [-0.2, -0.15) is 0 Å². The lowest BCUT2D eigenvalue weighted by molar-refractivity contribution is 0.415. The minimum Gasteiger partial charge on any atom is -0.497 e. The van der Waals surface area contributed by atoms with Gasteiger partial charge in [-0.25, -0.2) is 9.97 Å². The van der Waals surface area contributed by atoms with Gasteiger partial charge in [0.2, 0.25) is 0 Å². The molecule has 1 aromatic heterocycles. The smallest absolute Gasteiger partial charge is 0.146 e. The minimum absolute atomic E-state index is 0.175. The number of rotatable bonds is 3. The third-order valence-electron chi connectivity index (χ3n) is 3.98. The number of nitrogens with one attached hydrogen (secondary N) is 1. The number of methoxy groups -OCH3 is 1. The van der Waals surface area contributed by atoms with Gasteiger partial charge in [0.15, 0.2) is 0 Å². The number of hydrogen-bond acceptors (Lipinski definition) is 5. The summed E-state index contributed by atoms with van der Waals surface area (Å²) in [4.78, 5) is 11.2. The summed E-state index contributed by atoms with van der Waals surface area (Å²) in [7, 11) is 3.66. The minimum atomic E-state index is 0.175. The van der Waals surface area contributed by atoms with Crippen LogP contribution in [0.15, 0.2) is 30.8 Å². The Bertz CT molecular complexity index is 724. The summed E-state index contributed by atoms with van der Waals surface area (Å²) in [6.45, 7) is 8.16. The number of aryl methyl sites for hydroxylation is 1. The fourth-order valence-corrected chi connectivity index (χ4v) is 2.64. The molecule has 5 nitrogen and oxygen atoms in total. The highest BCUT2D eigenvalue weighted by Crippen LogP contribution is 2.40. The second-order valence-electron chi connectivity index (χ2n) is 5.47. The molecule has 0 amide bonds. The maximum Gasteiger partial charge on any atom is 0.146 e. The van der Waals surface area contributed by atoms with Crippen molar-refractivity contribution < 1.29 is 4.74 Å². The number of fused-ring (bicyclic) bond motifs is 1. The van der Waals surface area contributed by atoms with Crippen molar-refractivity contribution >= 4 is 22.9 Å². The van der Waals surface area contributed by atoms with E-state index >= 15 is 0 Å². The molecule has 1 aromatic carbocycles. The Kier molecular flexibility index (Phi) is 3.48. The van der Waals surface area contributed by atoms with Gasteiger partial charge < -0.3 is 15.0 Å². The van der Waals surface area contributed by atoms with Gasteiger partial charge in [0.05, 0.1) is 18.7 Å². The van der Waals surface area contributed by atoms with Crippen molar-refractivity contribution in [3.05, 3.63) is 42.2 Å². The van der Waals surface area contributed by atoms with Crippen LogP contribution in [0, 0.1) is 6.92 Å². The standard InChI is InChI=1S/C17H20N4O/c1-10-11(2)18-16-15(10)17(20-12(3)19-16)21(4)13-6-8-14(22-5)9-7-13/h6-9,11H,1H2,2-5H3,(H,18,19,20). The van der Waals surface area contributed by atoms with E-state index in [9.17, 15) is 0 Å². The third kappa shape index (κ3) is 2.28. The predicted octanol–water partition coefficient (Wildman–Crippen LogP) is 3.39. The van der Waals surface area contributed by atoms with E-state index in [1.54, 1.807) is 7.11 Å². The highest BCUT2D eigenvalue weighted by atomic mass is 16.5. The summed E-state index contributed by atoms with van der Waals surface area (Å²) >= 11 is 0. The molecule has 3 rings (SSSR count). The maximum atomic E-state index is 5.21. The predicted molar refractivity (Wildman–Crippen MR) is 89.9 cm³/mol. The first-order chi connectivity index (χ1) is 10.5. The molecule has 0 radical (unpaired) electrons. The summed E-state index contributed by atoms with van der Waals surface area (Å²) in [5, 5.41) is 3.36. The number of hydrogen-bond donors (Lipinski definition) is 1. The normalized spacial score (nSPS) is 16.2. The molecular formula is C17H20N4O. The number of aromatic nitrogens is 2. The Morgan fingerprint density at radius 2 is 1.91 bits per heavy atom. The van der Waals surface area contributed by atoms with Gasteiger partial charge >= 0.3 is 0 Å². The average Bonchev–Trinajstić information content (AvgIpc) is 2.80. The average molecular weight is 296 g/mol. The van der Waals surface area contributed by atoms with Crippen molar-refractivity contribution in [2.75, 3.05) is 24.4 Å². The van der Waals surface area contributed by atoms with Crippen molar-refractivity contribution in [2.45, 2.75) is 19.9 Å². The maximum absolute atomic E-state index is 5.21. The SMILES string of the molecule is C=C1c2c(nc(C)nc2N(C)c2ccc(OC)cc2)NC1C. The van der Waals surface area contributed by atoms with Crippen molar-refractivity contribution in [3.63, 3.8) is 0 Å². The Morgan fingerprint density at radius 3 is 2.55 bits per heavy atom. The number of benzene rings is 1. The molecule has 1 atom stereocenters. The largest absolute Gasteiger partial charge is 0.497 e. The van der Waals surface area contributed by atoms with Gasteiger partial charge in [-0.3, -0.25) is 0 Å². The molecule has 22 heavy (non-hydrogen) atoms. The van der Waals surface area contributed by atoms with Crippen LogP contribution >= 0.6 is 0 Å². The van der Waals surface area contributed by atoms with E-state index in [4.69, 9.17) is 4.74 Å². The Hall–Kier alpha value is -2.56. The van der Waals surface area contributed by atoms with Crippen LogP contribution in [0.4, 0.5) is 17.3 Å². The monoisotopic (exact) mass is 296 g/mol. The van der Waals surface area contributed by atoms with E-state index in [0.29, 0.717) is 0 Å². The Balaban J connectivity index is 2.06. The first kappa shape index (κ1) is 14.4. The molecule has 5 heteroatoms. The van der Waals surface area contributed by atoms with E-state index in [2.05, 4.69) is 33.7 Å². The van der Waals surface area contributed by atoms with E-state index in [1.165, 1.54) is 0 Å². The van der Waals surface area contributed by atoms with Crippen LogP contribution in [0.5, 0.6) is 5.75 Å². The van der Waals surface area contributed by atoms with Crippen molar-refractivity contribution in [2.24, 2.45) is 0 Å². The lowest BCUT2D eigenvalue weighted by atomic mass is 10.1. The molecular weight excluding hydrogens is 276 g/mol. The van der Waals surface area contributed by atoms with E-state index in [-0.39, 0.29) is 6.04 Å². The lowest BCUT2D eigenvalue weighted by Crippen LogP contribution is -2.14. The number of anilines is 3. The molecule has 0 saturated heterocycles. The van der Waals surface area contributed by atoms with Gasteiger partial charge in [0, 0.05) is 12.7 Å². The summed E-state index contributed by atoms with van der Waals surface area (Å²) in [6, 6.07) is 8.08. The van der Waals surface area contributed by atoms with Crippen LogP contribution in [-0.4, -0.2) is 30.2 Å². The first-order valence-corrected chi connectivity index (χ1v) is 7.23. The molecule has 1 aliphatic rings. The Labute approximate surface area is 130 Å². The van der Waals surface area contributed by atoms with Gasteiger partial charge in [-0.15, -0.1) is 0 Å². The molecule has 0 aliphatic carbocycles. The molecule has 2 aromatic rings. The molecule has 1 unspecified atom stereocenters. The highest BCUT2D eigenvalue weighted by Gasteiger charge is 2.28. The second kappa shape index (κ2) is 5.33. The molecule has 0 spiro atoms. The fourth-order valence-electron chi connectivity index (χ4n) is 2.64. The van der Waals surface area contributed by atoms with Crippen LogP contribution in [-0.2, 0) is 0 Å². The molecule has 2 heterocycles. The Morgan fingerprint density at radius 1 is 1.23 bits per heavy atom. The van der Waals surface area contributed by atoms with Crippen LogP contribution < -0.4 is 15.0 Å².